The number of rotatable bonds is 5. The van der Waals surface area contributed by atoms with Crippen LogP contribution in [0.3, 0.4) is 0 Å². The van der Waals surface area contributed by atoms with Gasteiger partial charge in [-0.3, -0.25) is 10.1 Å². The number of benzene rings is 2. The normalized spacial score (nSPS) is 10.2. The van der Waals surface area contributed by atoms with Crippen molar-refractivity contribution in [1.82, 2.24) is 0 Å². The third-order valence-electron chi connectivity index (χ3n) is 2.96. The smallest absolute Gasteiger partial charge is 0.345 e. The van der Waals surface area contributed by atoms with E-state index in [0.717, 1.165) is 4.90 Å². The summed E-state index contributed by atoms with van der Waals surface area (Å²) in [6, 6.07) is 8.87. The first kappa shape index (κ1) is 17.1. The molecule has 120 valence electrons. The van der Waals surface area contributed by atoms with Gasteiger partial charge in [-0.25, -0.2) is 4.79 Å². The van der Waals surface area contributed by atoms with E-state index in [2.05, 4.69) is 0 Å². The Labute approximate surface area is 141 Å². The van der Waals surface area contributed by atoms with Crippen molar-refractivity contribution in [2.75, 3.05) is 13.4 Å². The standard InChI is InChI=1S/C15H12ClNO5S/c1-21-9-3-6-14(13(7-9)17(19)20)22-15(18)11-8-10(23-2)4-5-12(11)16/h3-8H,1-2H3. The molecule has 0 amide bonds. The lowest BCUT2D eigenvalue weighted by atomic mass is 10.2. The highest BCUT2D eigenvalue weighted by atomic mass is 35.5. The molecule has 0 aliphatic heterocycles. The van der Waals surface area contributed by atoms with Crippen LogP contribution >= 0.6 is 23.4 Å². The van der Waals surface area contributed by atoms with E-state index in [0.29, 0.717) is 5.75 Å². The molecule has 2 aromatic carbocycles. The molecule has 0 aliphatic rings. The summed E-state index contributed by atoms with van der Waals surface area (Å²) in [6.45, 7) is 0. The van der Waals surface area contributed by atoms with Gasteiger partial charge >= 0.3 is 11.7 Å². The van der Waals surface area contributed by atoms with Crippen molar-refractivity contribution >= 4 is 35.0 Å². The molecule has 0 aliphatic carbocycles. The highest BCUT2D eigenvalue weighted by Crippen LogP contribution is 2.32. The highest BCUT2D eigenvalue weighted by Gasteiger charge is 2.21. The number of methoxy groups -OCH3 is 1. The van der Waals surface area contributed by atoms with Crippen molar-refractivity contribution in [3.63, 3.8) is 0 Å². The van der Waals surface area contributed by atoms with Gasteiger partial charge in [-0.05, 0) is 36.6 Å². The van der Waals surface area contributed by atoms with Crippen LogP contribution in [-0.4, -0.2) is 24.3 Å². The van der Waals surface area contributed by atoms with Crippen LogP contribution in [0.1, 0.15) is 10.4 Å². The van der Waals surface area contributed by atoms with Crippen molar-refractivity contribution in [3.8, 4) is 11.5 Å². The zero-order valence-corrected chi connectivity index (χ0v) is 13.8. The Balaban J connectivity index is 2.35. The minimum absolute atomic E-state index is 0.142. The van der Waals surface area contributed by atoms with Gasteiger partial charge in [-0.2, -0.15) is 0 Å². The number of nitro groups is 1. The van der Waals surface area contributed by atoms with Gasteiger partial charge in [-0.1, -0.05) is 11.6 Å². The Hall–Kier alpha value is -2.25. The van der Waals surface area contributed by atoms with Gasteiger partial charge in [0.1, 0.15) is 5.75 Å². The molecule has 0 fully saturated rings. The lowest BCUT2D eigenvalue weighted by Gasteiger charge is -2.08. The number of hydrogen-bond donors (Lipinski definition) is 0. The van der Waals surface area contributed by atoms with Gasteiger partial charge in [0.25, 0.3) is 0 Å². The topological polar surface area (TPSA) is 78.7 Å². The van der Waals surface area contributed by atoms with E-state index < -0.39 is 10.9 Å². The van der Waals surface area contributed by atoms with E-state index in [1.54, 1.807) is 18.2 Å². The summed E-state index contributed by atoms with van der Waals surface area (Å²) < 4.78 is 10.1. The summed E-state index contributed by atoms with van der Waals surface area (Å²) >= 11 is 7.44. The van der Waals surface area contributed by atoms with E-state index in [-0.39, 0.29) is 22.0 Å². The molecule has 0 atom stereocenters. The average molecular weight is 354 g/mol. The molecule has 2 rings (SSSR count). The summed E-state index contributed by atoms with van der Waals surface area (Å²) in [4.78, 5) is 23.5. The van der Waals surface area contributed by atoms with E-state index in [1.807, 2.05) is 6.26 Å². The van der Waals surface area contributed by atoms with Crippen LogP contribution in [-0.2, 0) is 0 Å². The highest BCUT2D eigenvalue weighted by molar-refractivity contribution is 7.98. The lowest BCUT2D eigenvalue weighted by Crippen LogP contribution is -2.10. The molecule has 0 N–H and O–H groups in total. The van der Waals surface area contributed by atoms with Crippen LogP contribution in [0.15, 0.2) is 41.3 Å². The number of carbonyl (C=O) groups excluding carboxylic acids is 1. The molecule has 0 aromatic heterocycles. The molecule has 0 radical (unpaired) electrons. The molecule has 0 saturated carbocycles. The number of nitro benzene ring substituents is 1. The molecule has 0 spiro atoms. The molecular formula is C15H12ClNO5S. The zero-order chi connectivity index (χ0) is 17.0. The summed E-state index contributed by atoms with van der Waals surface area (Å²) in [5.41, 5.74) is -0.224. The zero-order valence-electron chi connectivity index (χ0n) is 12.2. The second-order valence-corrected chi connectivity index (χ2v) is 5.61. The molecular weight excluding hydrogens is 342 g/mol. The molecule has 0 saturated heterocycles. The maximum Gasteiger partial charge on any atom is 0.345 e. The number of esters is 1. The van der Waals surface area contributed by atoms with Crippen LogP contribution in [0.2, 0.25) is 5.02 Å². The van der Waals surface area contributed by atoms with Crippen LogP contribution < -0.4 is 9.47 Å². The Kier molecular flexibility index (Phi) is 5.46. The van der Waals surface area contributed by atoms with Gasteiger partial charge < -0.3 is 9.47 Å². The Morgan fingerprint density at radius 3 is 2.61 bits per heavy atom. The second kappa shape index (κ2) is 7.34. The summed E-state index contributed by atoms with van der Waals surface area (Å²) in [5.74, 6) is -0.649. The van der Waals surface area contributed by atoms with Crippen molar-refractivity contribution in [2.24, 2.45) is 0 Å². The van der Waals surface area contributed by atoms with Crippen LogP contribution in [0, 0.1) is 10.1 Å². The predicted molar refractivity (Wildman–Crippen MR) is 87.8 cm³/mol. The first-order valence-corrected chi connectivity index (χ1v) is 7.94. The molecule has 0 unspecified atom stereocenters. The van der Waals surface area contributed by atoms with Gasteiger partial charge in [0.05, 0.1) is 28.7 Å². The number of nitrogens with zero attached hydrogens (tertiary/aromatic N) is 1. The van der Waals surface area contributed by atoms with Crippen molar-refractivity contribution in [2.45, 2.75) is 4.90 Å². The fourth-order valence-corrected chi connectivity index (χ4v) is 2.43. The van der Waals surface area contributed by atoms with Crippen LogP contribution in [0.4, 0.5) is 5.69 Å². The van der Waals surface area contributed by atoms with E-state index in [9.17, 15) is 14.9 Å². The maximum absolute atomic E-state index is 12.3. The van der Waals surface area contributed by atoms with Crippen LogP contribution in [0.5, 0.6) is 11.5 Å². The number of hydrogen-bond acceptors (Lipinski definition) is 6. The van der Waals surface area contributed by atoms with Crippen molar-refractivity contribution in [3.05, 3.63) is 57.1 Å². The number of ether oxygens (including phenoxy) is 2. The van der Waals surface area contributed by atoms with Crippen molar-refractivity contribution in [1.29, 1.82) is 0 Å². The fourth-order valence-electron chi connectivity index (χ4n) is 1.80. The first-order chi connectivity index (χ1) is 11.0. The molecule has 8 heteroatoms. The monoisotopic (exact) mass is 353 g/mol. The second-order valence-electron chi connectivity index (χ2n) is 4.33. The van der Waals surface area contributed by atoms with E-state index >= 15 is 0 Å². The van der Waals surface area contributed by atoms with Crippen molar-refractivity contribution < 1.29 is 19.2 Å². The Morgan fingerprint density at radius 1 is 1.26 bits per heavy atom. The van der Waals surface area contributed by atoms with Gasteiger partial charge in [-0.15, -0.1) is 11.8 Å². The van der Waals surface area contributed by atoms with E-state index in [1.165, 1.54) is 37.1 Å². The van der Waals surface area contributed by atoms with Crippen LogP contribution in [0.25, 0.3) is 0 Å². The third-order valence-corrected chi connectivity index (χ3v) is 4.01. The molecule has 23 heavy (non-hydrogen) atoms. The molecule has 2 aromatic rings. The van der Waals surface area contributed by atoms with Gasteiger partial charge in [0, 0.05) is 4.90 Å². The van der Waals surface area contributed by atoms with Gasteiger partial charge in [0.2, 0.25) is 5.75 Å². The minimum atomic E-state index is -0.765. The lowest BCUT2D eigenvalue weighted by molar-refractivity contribution is -0.385. The number of carbonyl (C=O) groups is 1. The van der Waals surface area contributed by atoms with Gasteiger partial charge in [0.15, 0.2) is 0 Å². The predicted octanol–water partition coefficient (Wildman–Crippen LogP) is 4.20. The average Bonchev–Trinajstić information content (AvgIpc) is 2.55. The summed E-state index contributed by atoms with van der Waals surface area (Å²) in [5, 5.41) is 11.3. The number of halogens is 1. The third kappa shape index (κ3) is 3.94. The SMILES string of the molecule is COc1ccc(OC(=O)c2cc(SC)ccc2Cl)c([N+](=O)[O-])c1. The largest absolute Gasteiger partial charge is 0.496 e. The quantitative estimate of drug-likeness (QED) is 0.263. The molecule has 6 nitrogen and oxygen atoms in total. The Morgan fingerprint density at radius 2 is 2.00 bits per heavy atom. The molecule has 0 heterocycles. The maximum atomic E-state index is 12.3. The minimum Gasteiger partial charge on any atom is -0.496 e. The number of thioether (sulfide) groups is 1. The fraction of sp³-hybridized carbons (Fsp3) is 0.133. The molecule has 0 bridgehead atoms. The first-order valence-electron chi connectivity index (χ1n) is 6.34. The summed E-state index contributed by atoms with van der Waals surface area (Å²) in [6.07, 6.45) is 1.85. The summed E-state index contributed by atoms with van der Waals surface area (Å²) in [7, 11) is 1.39. The Bertz CT molecular complexity index is 766. The van der Waals surface area contributed by atoms with E-state index in [4.69, 9.17) is 21.1 Å².